The monoisotopic (exact) mass is 418 g/mol. The number of esters is 1. The standard InChI is InChI=1S/C20H16ClFN2O3S/c1-11-16(12-3-7-14(22)8-4-12)17(19(25)27-2)18(28-11)24-20(26)23-15-9-5-13(21)6-10-15/h3-10H,1-2H3,(H2,23,24,26). The average molecular weight is 419 g/mol. The normalized spacial score (nSPS) is 10.4. The first-order valence-corrected chi connectivity index (χ1v) is 9.39. The van der Waals surface area contributed by atoms with Crippen molar-refractivity contribution in [3.05, 3.63) is 69.8 Å². The molecule has 144 valence electrons. The molecule has 0 aliphatic rings. The second kappa shape index (κ2) is 8.41. The third-order valence-electron chi connectivity index (χ3n) is 3.94. The van der Waals surface area contributed by atoms with Crippen molar-refractivity contribution in [2.45, 2.75) is 6.92 Å². The molecule has 0 fully saturated rings. The number of hydrogen-bond acceptors (Lipinski definition) is 4. The summed E-state index contributed by atoms with van der Waals surface area (Å²) in [5.74, 6) is -0.970. The number of carbonyl (C=O) groups excluding carboxylic acids is 2. The molecule has 0 saturated carbocycles. The Bertz CT molecular complexity index is 1020. The fourth-order valence-corrected chi connectivity index (χ4v) is 3.88. The number of amides is 2. The number of hydrogen-bond donors (Lipinski definition) is 2. The average Bonchev–Trinajstić information content (AvgIpc) is 2.99. The Morgan fingerprint density at radius 2 is 1.68 bits per heavy atom. The van der Waals surface area contributed by atoms with Gasteiger partial charge in [0.15, 0.2) is 0 Å². The Kier molecular flexibility index (Phi) is 5.96. The number of aryl methyl sites for hydroxylation is 1. The van der Waals surface area contributed by atoms with Crippen LogP contribution in [0.2, 0.25) is 5.02 Å². The summed E-state index contributed by atoms with van der Waals surface area (Å²) < 4.78 is 18.2. The molecule has 1 heterocycles. The van der Waals surface area contributed by atoms with Crippen molar-refractivity contribution in [2.75, 3.05) is 17.7 Å². The Hall–Kier alpha value is -2.90. The smallest absolute Gasteiger partial charge is 0.341 e. The molecule has 0 aliphatic carbocycles. The minimum atomic E-state index is -0.592. The molecule has 0 atom stereocenters. The topological polar surface area (TPSA) is 67.4 Å². The van der Waals surface area contributed by atoms with Crippen LogP contribution in [0, 0.1) is 12.7 Å². The van der Waals surface area contributed by atoms with Gasteiger partial charge in [0.1, 0.15) is 16.4 Å². The van der Waals surface area contributed by atoms with Crippen LogP contribution < -0.4 is 10.6 Å². The predicted octanol–water partition coefficient (Wildman–Crippen LogP) is 5.95. The summed E-state index contributed by atoms with van der Waals surface area (Å²) in [4.78, 5) is 25.6. The molecular weight excluding hydrogens is 403 g/mol. The molecule has 0 radical (unpaired) electrons. The lowest BCUT2D eigenvalue weighted by molar-refractivity contribution is 0.0603. The number of benzene rings is 2. The predicted molar refractivity (Wildman–Crippen MR) is 110 cm³/mol. The molecule has 3 rings (SSSR count). The minimum absolute atomic E-state index is 0.225. The van der Waals surface area contributed by atoms with Gasteiger partial charge in [0.25, 0.3) is 0 Å². The molecule has 28 heavy (non-hydrogen) atoms. The van der Waals surface area contributed by atoms with E-state index in [1.54, 1.807) is 36.4 Å². The van der Waals surface area contributed by atoms with Crippen molar-refractivity contribution in [2.24, 2.45) is 0 Å². The zero-order chi connectivity index (χ0) is 20.3. The Morgan fingerprint density at radius 3 is 2.29 bits per heavy atom. The molecule has 2 N–H and O–H groups in total. The van der Waals surface area contributed by atoms with Crippen molar-refractivity contribution >= 4 is 45.6 Å². The highest BCUT2D eigenvalue weighted by Crippen LogP contribution is 2.40. The zero-order valence-corrected chi connectivity index (χ0v) is 16.6. The van der Waals surface area contributed by atoms with Crippen LogP contribution in [0.3, 0.4) is 0 Å². The van der Waals surface area contributed by atoms with Crippen molar-refractivity contribution in [1.29, 1.82) is 0 Å². The number of halogens is 2. The van der Waals surface area contributed by atoms with Gasteiger partial charge in [-0.1, -0.05) is 23.7 Å². The van der Waals surface area contributed by atoms with Crippen molar-refractivity contribution in [3.8, 4) is 11.1 Å². The SMILES string of the molecule is COC(=O)c1c(NC(=O)Nc2ccc(Cl)cc2)sc(C)c1-c1ccc(F)cc1. The van der Waals surface area contributed by atoms with Gasteiger partial charge in [0.05, 0.1) is 7.11 Å². The zero-order valence-electron chi connectivity index (χ0n) is 15.0. The largest absolute Gasteiger partial charge is 0.465 e. The molecule has 0 spiro atoms. The number of anilines is 2. The van der Waals surface area contributed by atoms with Crippen LogP contribution in [0.5, 0.6) is 0 Å². The molecule has 2 aromatic carbocycles. The number of ether oxygens (including phenoxy) is 1. The number of rotatable bonds is 4. The molecule has 1 aromatic heterocycles. The van der Waals surface area contributed by atoms with Gasteiger partial charge in [-0.25, -0.2) is 14.0 Å². The van der Waals surface area contributed by atoms with E-state index in [1.165, 1.54) is 30.6 Å². The highest BCUT2D eigenvalue weighted by molar-refractivity contribution is 7.17. The second-order valence-electron chi connectivity index (χ2n) is 5.82. The van der Waals surface area contributed by atoms with Gasteiger partial charge in [-0.2, -0.15) is 0 Å². The number of nitrogens with one attached hydrogen (secondary N) is 2. The highest BCUT2D eigenvalue weighted by atomic mass is 35.5. The van der Waals surface area contributed by atoms with E-state index in [-0.39, 0.29) is 11.4 Å². The molecule has 0 bridgehead atoms. The van der Waals surface area contributed by atoms with Gasteiger partial charge in [0.2, 0.25) is 0 Å². The number of thiophene rings is 1. The van der Waals surface area contributed by atoms with Crippen LogP contribution in [0.15, 0.2) is 48.5 Å². The fraction of sp³-hybridized carbons (Fsp3) is 0.100. The van der Waals surface area contributed by atoms with Crippen LogP contribution in [0.1, 0.15) is 15.2 Å². The Balaban J connectivity index is 1.93. The van der Waals surface area contributed by atoms with Crippen LogP contribution in [0.25, 0.3) is 11.1 Å². The molecule has 3 aromatic rings. The Morgan fingerprint density at radius 1 is 1.04 bits per heavy atom. The molecule has 0 unspecified atom stereocenters. The summed E-state index contributed by atoms with van der Waals surface area (Å²) in [7, 11) is 1.27. The van der Waals surface area contributed by atoms with E-state index in [4.69, 9.17) is 16.3 Å². The summed E-state index contributed by atoms with van der Waals surface area (Å²) in [5.41, 5.74) is 2.02. The van der Waals surface area contributed by atoms with E-state index in [0.29, 0.717) is 26.8 Å². The van der Waals surface area contributed by atoms with E-state index in [2.05, 4.69) is 10.6 Å². The lowest BCUT2D eigenvalue weighted by Gasteiger charge is -2.09. The highest BCUT2D eigenvalue weighted by Gasteiger charge is 2.25. The minimum Gasteiger partial charge on any atom is -0.465 e. The number of methoxy groups -OCH3 is 1. The number of carbonyl (C=O) groups is 2. The number of urea groups is 1. The fourth-order valence-electron chi connectivity index (χ4n) is 2.69. The molecule has 5 nitrogen and oxygen atoms in total. The van der Waals surface area contributed by atoms with Crippen molar-refractivity contribution in [3.63, 3.8) is 0 Å². The first-order chi connectivity index (χ1) is 13.4. The van der Waals surface area contributed by atoms with Gasteiger partial charge in [-0.05, 0) is 48.9 Å². The summed E-state index contributed by atoms with van der Waals surface area (Å²) in [5, 5.41) is 6.26. The molecule has 0 saturated heterocycles. The van der Waals surface area contributed by atoms with Gasteiger partial charge < -0.3 is 10.1 Å². The van der Waals surface area contributed by atoms with E-state index in [0.717, 1.165) is 4.88 Å². The Labute approximate surface area is 170 Å². The lowest BCUT2D eigenvalue weighted by atomic mass is 10.0. The third-order valence-corrected chi connectivity index (χ3v) is 5.21. The maximum Gasteiger partial charge on any atom is 0.341 e. The first-order valence-electron chi connectivity index (χ1n) is 8.20. The van der Waals surface area contributed by atoms with Crippen molar-refractivity contribution < 1.29 is 18.7 Å². The van der Waals surface area contributed by atoms with Crippen molar-refractivity contribution in [1.82, 2.24) is 0 Å². The van der Waals surface area contributed by atoms with Gasteiger partial charge in [0, 0.05) is 21.2 Å². The molecule has 8 heteroatoms. The quantitative estimate of drug-likeness (QED) is 0.514. The summed E-state index contributed by atoms with van der Waals surface area (Å²) in [6.07, 6.45) is 0. The van der Waals surface area contributed by atoms with E-state index in [9.17, 15) is 14.0 Å². The molecule has 0 aliphatic heterocycles. The molecule has 2 amide bonds. The van der Waals surface area contributed by atoms with E-state index < -0.39 is 12.0 Å². The summed E-state index contributed by atoms with van der Waals surface area (Å²) in [6, 6.07) is 11.9. The van der Waals surface area contributed by atoms with E-state index >= 15 is 0 Å². The van der Waals surface area contributed by atoms with Crippen LogP contribution in [0.4, 0.5) is 19.9 Å². The van der Waals surface area contributed by atoms with Crippen LogP contribution in [-0.2, 0) is 4.74 Å². The van der Waals surface area contributed by atoms with E-state index in [1.807, 2.05) is 6.92 Å². The van der Waals surface area contributed by atoms with Gasteiger partial charge >= 0.3 is 12.0 Å². The first kappa shape index (κ1) is 19.9. The second-order valence-corrected chi connectivity index (χ2v) is 7.48. The summed E-state index contributed by atoms with van der Waals surface area (Å²) in [6.45, 7) is 1.82. The van der Waals surface area contributed by atoms with Crippen LogP contribution in [-0.4, -0.2) is 19.1 Å². The third kappa shape index (κ3) is 4.32. The van der Waals surface area contributed by atoms with Gasteiger partial charge in [-0.3, -0.25) is 5.32 Å². The van der Waals surface area contributed by atoms with Gasteiger partial charge in [-0.15, -0.1) is 11.3 Å². The maximum absolute atomic E-state index is 13.3. The summed E-state index contributed by atoms with van der Waals surface area (Å²) >= 11 is 7.07. The maximum atomic E-state index is 13.3. The molecular formula is C20H16ClFN2O3S. The lowest BCUT2D eigenvalue weighted by Crippen LogP contribution is -2.20. The van der Waals surface area contributed by atoms with Crippen LogP contribution >= 0.6 is 22.9 Å².